The van der Waals surface area contributed by atoms with Crippen molar-refractivity contribution in [2.45, 2.75) is 5.41 Å². The van der Waals surface area contributed by atoms with Gasteiger partial charge in [0, 0.05) is 33.2 Å². The molecule has 14 aromatic carbocycles. The number of nitrogens with zero attached hydrogens (tertiary/aromatic N) is 2. The van der Waals surface area contributed by atoms with Crippen LogP contribution in [0.1, 0.15) is 22.3 Å². The zero-order chi connectivity index (χ0) is 52.0. The number of para-hydroxylation sites is 1. The maximum Gasteiger partial charge on any atom is 0.0713 e. The second kappa shape index (κ2) is 17.9. The highest BCUT2D eigenvalue weighted by molar-refractivity contribution is 6.26. The Bertz CT molecular complexity index is 4800. The molecule has 2 nitrogen and oxygen atoms in total. The Morgan fingerprint density at radius 1 is 0.266 bits per heavy atom. The first-order chi connectivity index (χ1) is 39.2. The fraction of sp³-hybridized carbons (Fsp3) is 0.0130. The fourth-order valence-corrected chi connectivity index (χ4v) is 13.5. The van der Waals surface area contributed by atoms with Crippen LogP contribution >= 0.6 is 0 Å². The van der Waals surface area contributed by atoms with Crippen LogP contribution in [0.2, 0.25) is 0 Å². The van der Waals surface area contributed by atoms with E-state index in [1.165, 1.54) is 115 Å². The molecule has 0 bridgehead atoms. The standard InChI is InChI=1S/C77H50N2/c1-4-21-56(22-5-1)77(57-23-6-2-7-24-57)72-33-17-16-32-67(72)68-43-37-55(49-73(68)77)54-39-46-76-71(48-54)70-47-53(51-35-40-59(41-36-51)78(58-25-8-3-9-26-58)74-34-18-20-52-19-10-11-27-61(52)74)38-45-75(70)79(76)60-42-44-66-64-30-13-12-28-62(64)63-29-14-15-31-65(63)69(66)50-60/h1-50H. The van der Waals surface area contributed by atoms with Gasteiger partial charge in [-0.2, -0.15) is 0 Å². The molecule has 1 aromatic heterocycles. The van der Waals surface area contributed by atoms with Crippen LogP contribution in [0.3, 0.4) is 0 Å². The average molecular weight is 1000 g/mol. The SMILES string of the molecule is c1ccc(N(c2ccc(-c3ccc4c(c3)c3cc(-c5ccc6c(c5)C(c5ccccc5)(c5ccccc5)c5ccccc5-6)ccc3n4-c3ccc4c5ccccc5c5ccccc5c4c3)cc2)c2cccc3ccccc23)cc1. The Kier molecular flexibility index (Phi) is 10.2. The van der Waals surface area contributed by atoms with Gasteiger partial charge in [0.15, 0.2) is 0 Å². The third kappa shape index (κ3) is 6.91. The summed E-state index contributed by atoms with van der Waals surface area (Å²) in [5, 5.41) is 12.5. The molecule has 0 aliphatic heterocycles. The Hall–Kier alpha value is -10.3. The van der Waals surface area contributed by atoms with Gasteiger partial charge in [0.05, 0.1) is 22.1 Å². The summed E-state index contributed by atoms with van der Waals surface area (Å²) >= 11 is 0. The number of fused-ring (bicyclic) bond motifs is 13. The van der Waals surface area contributed by atoms with Crippen LogP contribution in [0.15, 0.2) is 303 Å². The maximum absolute atomic E-state index is 2.49. The predicted octanol–water partition coefficient (Wildman–Crippen LogP) is 20.6. The molecular formula is C77H50N2. The molecule has 79 heavy (non-hydrogen) atoms. The van der Waals surface area contributed by atoms with Gasteiger partial charge in [-0.25, -0.2) is 0 Å². The molecular weight excluding hydrogens is 953 g/mol. The van der Waals surface area contributed by atoms with Gasteiger partial charge in [-0.3, -0.25) is 0 Å². The molecule has 1 aliphatic carbocycles. The summed E-state index contributed by atoms with van der Waals surface area (Å²) in [7, 11) is 0. The number of anilines is 3. The molecule has 16 rings (SSSR count). The van der Waals surface area contributed by atoms with Crippen molar-refractivity contribution in [2.75, 3.05) is 4.90 Å². The first-order valence-electron chi connectivity index (χ1n) is 27.4. The highest BCUT2D eigenvalue weighted by atomic mass is 15.1. The zero-order valence-electron chi connectivity index (χ0n) is 43.3. The van der Waals surface area contributed by atoms with Crippen molar-refractivity contribution in [3.63, 3.8) is 0 Å². The monoisotopic (exact) mass is 1000 g/mol. The second-order valence-corrected chi connectivity index (χ2v) is 21.1. The minimum absolute atomic E-state index is 0.492. The summed E-state index contributed by atoms with van der Waals surface area (Å²) in [6.07, 6.45) is 0. The lowest BCUT2D eigenvalue weighted by Crippen LogP contribution is -2.28. The number of hydrogen-bond acceptors (Lipinski definition) is 1. The predicted molar refractivity (Wildman–Crippen MR) is 334 cm³/mol. The molecule has 0 N–H and O–H groups in total. The van der Waals surface area contributed by atoms with Gasteiger partial charge in [-0.05, 0) is 166 Å². The third-order valence-corrected chi connectivity index (χ3v) is 17.0. The highest BCUT2D eigenvalue weighted by Crippen LogP contribution is 2.57. The van der Waals surface area contributed by atoms with E-state index in [0.29, 0.717) is 0 Å². The van der Waals surface area contributed by atoms with Crippen molar-refractivity contribution in [2.24, 2.45) is 0 Å². The fourth-order valence-electron chi connectivity index (χ4n) is 13.5. The smallest absolute Gasteiger partial charge is 0.0713 e. The summed E-state index contributed by atoms with van der Waals surface area (Å²) in [4.78, 5) is 2.38. The minimum Gasteiger partial charge on any atom is -0.310 e. The summed E-state index contributed by atoms with van der Waals surface area (Å²) in [5.74, 6) is 0. The molecule has 0 saturated carbocycles. The van der Waals surface area contributed by atoms with Crippen molar-refractivity contribution < 1.29 is 0 Å². The lowest BCUT2D eigenvalue weighted by Gasteiger charge is -2.34. The van der Waals surface area contributed by atoms with Gasteiger partial charge in [0.1, 0.15) is 0 Å². The van der Waals surface area contributed by atoms with E-state index < -0.39 is 5.41 Å². The van der Waals surface area contributed by atoms with Crippen LogP contribution in [0.25, 0.3) is 104 Å². The summed E-state index contributed by atoms with van der Waals surface area (Å²) in [5.41, 5.74) is 18.8. The van der Waals surface area contributed by atoms with Gasteiger partial charge < -0.3 is 9.47 Å². The van der Waals surface area contributed by atoms with Crippen molar-refractivity contribution in [3.05, 3.63) is 326 Å². The summed E-state index contributed by atoms with van der Waals surface area (Å²) < 4.78 is 2.49. The minimum atomic E-state index is -0.492. The van der Waals surface area contributed by atoms with E-state index in [1.807, 2.05) is 0 Å². The Morgan fingerprint density at radius 3 is 1.39 bits per heavy atom. The van der Waals surface area contributed by atoms with Gasteiger partial charge in [-0.1, -0.05) is 231 Å². The van der Waals surface area contributed by atoms with E-state index >= 15 is 0 Å². The molecule has 0 radical (unpaired) electrons. The van der Waals surface area contributed by atoms with Gasteiger partial charge in [-0.15, -0.1) is 0 Å². The molecule has 0 spiro atoms. The zero-order valence-corrected chi connectivity index (χ0v) is 43.3. The Balaban J connectivity index is 0.891. The molecule has 2 heteroatoms. The van der Waals surface area contributed by atoms with Gasteiger partial charge in [0.2, 0.25) is 0 Å². The first-order valence-corrected chi connectivity index (χ1v) is 27.4. The number of hydrogen-bond donors (Lipinski definition) is 0. The molecule has 368 valence electrons. The Labute approximate surface area is 459 Å². The topological polar surface area (TPSA) is 8.17 Å². The van der Waals surface area contributed by atoms with Crippen LogP contribution in [-0.2, 0) is 5.41 Å². The molecule has 1 aliphatic rings. The first kappa shape index (κ1) is 45.0. The van der Waals surface area contributed by atoms with Crippen LogP contribution in [-0.4, -0.2) is 4.57 Å². The van der Waals surface area contributed by atoms with Crippen molar-refractivity contribution >= 4 is 82.0 Å². The quantitative estimate of drug-likeness (QED) is 0.138. The highest BCUT2D eigenvalue weighted by Gasteiger charge is 2.46. The lowest BCUT2D eigenvalue weighted by atomic mass is 9.67. The number of aromatic nitrogens is 1. The van der Waals surface area contributed by atoms with E-state index in [1.54, 1.807) is 0 Å². The van der Waals surface area contributed by atoms with Crippen LogP contribution in [0, 0.1) is 0 Å². The van der Waals surface area contributed by atoms with Crippen LogP contribution in [0.5, 0.6) is 0 Å². The van der Waals surface area contributed by atoms with Crippen LogP contribution in [0.4, 0.5) is 17.1 Å². The van der Waals surface area contributed by atoms with E-state index in [9.17, 15) is 0 Å². The van der Waals surface area contributed by atoms with Crippen molar-refractivity contribution in [1.82, 2.24) is 4.57 Å². The largest absolute Gasteiger partial charge is 0.310 e. The normalized spacial score (nSPS) is 12.7. The van der Waals surface area contributed by atoms with Gasteiger partial charge in [0.25, 0.3) is 0 Å². The van der Waals surface area contributed by atoms with Crippen LogP contribution < -0.4 is 4.90 Å². The molecule has 15 aromatic rings. The Morgan fingerprint density at radius 2 is 0.734 bits per heavy atom. The van der Waals surface area contributed by atoms with E-state index in [0.717, 1.165) is 28.3 Å². The molecule has 0 amide bonds. The van der Waals surface area contributed by atoms with E-state index in [4.69, 9.17) is 0 Å². The van der Waals surface area contributed by atoms with Crippen molar-refractivity contribution in [3.8, 4) is 39.1 Å². The van der Waals surface area contributed by atoms with E-state index in [-0.39, 0.29) is 0 Å². The van der Waals surface area contributed by atoms with Gasteiger partial charge >= 0.3 is 0 Å². The lowest BCUT2D eigenvalue weighted by molar-refractivity contribution is 0.769. The van der Waals surface area contributed by atoms with Crippen molar-refractivity contribution in [1.29, 1.82) is 0 Å². The second-order valence-electron chi connectivity index (χ2n) is 21.1. The molecule has 0 saturated heterocycles. The number of benzene rings is 14. The molecule has 1 heterocycles. The summed E-state index contributed by atoms with van der Waals surface area (Å²) in [6.45, 7) is 0. The molecule has 0 fully saturated rings. The molecule has 0 unspecified atom stereocenters. The number of rotatable bonds is 8. The summed E-state index contributed by atoms with van der Waals surface area (Å²) in [6, 6.07) is 113. The van der Waals surface area contributed by atoms with E-state index in [2.05, 4.69) is 313 Å². The third-order valence-electron chi connectivity index (χ3n) is 17.0. The average Bonchev–Trinajstić information content (AvgIpc) is 4.26. The molecule has 0 atom stereocenters. The maximum atomic E-state index is 2.49.